The Morgan fingerprint density at radius 3 is 2.65 bits per heavy atom. The number of phenols is 1. The number of ether oxygens (including phenoxy) is 1. The van der Waals surface area contributed by atoms with Crippen LogP contribution in [0.5, 0.6) is 5.75 Å². The Morgan fingerprint density at radius 2 is 1.90 bits per heavy atom. The summed E-state index contributed by atoms with van der Waals surface area (Å²) in [7, 11) is 1.85. The van der Waals surface area contributed by atoms with Gasteiger partial charge in [-0.3, -0.25) is 9.59 Å². The normalized spacial score (nSPS) is 17.1. The minimum Gasteiger partial charge on any atom is -0.506 e. The highest BCUT2D eigenvalue weighted by Crippen LogP contribution is 2.51. The first kappa shape index (κ1) is 41.8. The van der Waals surface area contributed by atoms with E-state index in [1.54, 1.807) is 23.1 Å². The number of H-pyrrole nitrogens is 1. The number of fused-ring (bicyclic) bond motifs is 2. The van der Waals surface area contributed by atoms with Gasteiger partial charge in [-0.2, -0.15) is 0 Å². The summed E-state index contributed by atoms with van der Waals surface area (Å²) in [5.74, 6) is -0.532. The minimum atomic E-state index is -1.79. The lowest BCUT2D eigenvalue weighted by molar-refractivity contribution is -0.181. The molecule has 8 rings (SSSR count). The zero-order chi connectivity index (χ0) is 42.0. The molecule has 4 aromatic heterocycles. The number of aromatic amines is 1. The maximum atomic E-state index is 13.5. The fourth-order valence-electron chi connectivity index (χ4n) is 8.65. The zero-order valence-corrected chi connectivity index (χ0v) is 35.4. The average molecular weight is 854 g/mol. The maximum absolute atomic E-state index is 13.5. The number of esters is 1. The molecule has 6 aromatic rings. The van der Waals surface area contributed by atoms with E-state index in [1.165, 1.54) is 34.8 Å². The van der Waals surface area contributed by atoms with Crippen molar-refractivity contribution in [1.82, 2.24) is 35.1 Å². The number of benzene rings is 2. The van der Waals surface area contributed by atoms with Crippen molar-refractivity contribution >= 4 is 56.5 Å². The lowest BCUT2D eigenvalue weighted by atomic mass is 9.61. The van der Waals surface area contributed by atoms with Gasteiger partial charge in [0.2, 0.25) is 17.1 Å². The van der Waals surface area contributed by atoms with E-state index in [4.69, 9.17) is 4.74 Å². The van der Waals surface area contributed by atoms with Crippen molar-refractivity contribution in [3.8, 4) is 5.75 Å². The number of aromatic hydroxyl groups is 1. The summed E-state index contributed by atoms with van der Waals surface area (Å²) < 4.78 is 7.82. The highest BCUT2D eigenvalue weighted by atomic mass is 32.1. The summed E-state index contributed by atoms with van der Waals surface area (Å²) >= 11 is 2.73. The van der Waals surface area contributed by atoms with Gasteiger partial charge >= 0.3 is 5.97 Å². The summed E-state index contributed by atoms with van der Waals surface area (Å²) in [6.45, 7) is 6.46. The van der Waals surface area contributed by atoms with Crippen molar-refractivity contribution in [1.29, 1.82) is 0 Å². The summed E-state index contributed by atoms with van der Waals surface area (Å²) in [6.07, 6.45) is 3.73. The van der Waals surface area contributed by atoms with Gasteiger partial charge in [-0.15, -0.1) is 27.8 Å². The summed E-state index contributed by atoms with van der Waals surface area (Å²) in [5, 5.41) is 49.1. The lowest BCUT2D eigenvalue weighted by Gasteiger charge is -2.51. The van der Waals surface area contributed by atoms with Gasteiger partial charge in [0.1, 0.15) is 17.4 Å². The number of nitrogens with one attached hydrogen (secondary N) is 2. The number of hydrogen-bond acceptors (Lipinski definition) is 13. The molecule has 1 aliphatic carbocycles. The highest BCUT2D eigenvalue weighted by molar-refractivity contribution is 7.12. The molecule has 2 aliphatic rings. The van der Waals surface area contributed by atoms with E-state index >= 15 is 0 Å². The number of likely N-dealkylation sites (tertiary alicyclic amines) is 1. The van der Waals surface area contributed by atoms with Crippen molar-refractivity contribution in [2.45, 2.75) is 76.3 Å². The molecule has 316 valence electrons. The Labute approximate surface area is 355 Å². The van der Waals surface area contributed by atoms with Crippen molar-refractivity contribution in [3.05, 3.63) is 108 Å². The molecule has 2 aromatic carbocycles. The van der Waals surface area contributed by atoms with Gasteiger partial charge in [-0.1, -0.05) is 23.4 Å². The fraction of sp³-hybridized carbons (Fsp3) is 0.432. The highest BCUT2D eigenvalue weighted by Gasteiger charge is 2.51. The number of aliphatic hydroxyl groups is 2. The molecule has 2 atom stereocenters. The van der Waals surface area contributed by atoms with Gasteiger partial charge in [-0.05, 0) is 121 Å². The average Bonchev–Trinajstić information content (AvgIpc) is 4.02. The predicted octanol–water partition coefficient (Wildman–Crippen LogP) is 5.20. The number of nitrogens with zero attached hydrogens (tertiary/aromatic N) is 5. The first-order valence-electron chi connectivity index (χ1n) is 20.5. The quantitative estimate of drug-likeness (QED) is 0.0807. The van der Waals surface area contributed by atoms with Crippen LogP contribution in [0.4, 0.5) is 0 Å². The lowest BCUT2D eigenvalue weighted by Crippen LogP contribution is -2.52. The Hall–Kier alpha value is -4.97. The van der Waals surface area contributed by atoms with Crippen LogP contribution in [0, 0.1) is 12.3 Å². The van der Waals surface area contributed by atoms with Crippen molar-refractivity contribution in [3.63, 3.8) is 0 Å². The monoisotopic (exact) mass is 853 g/mol. The third-order valence-electron chi connectivity index (χ3n) is 12.2. The number of aryl methyl sites for hydroxylation is 2. The molecule has 1 saturated carbocycles. The molecule has 0 radical (unpaired) electrons. The van der Waals surface area contributed by atoms with E-state index in [0.717, 1.165) is 67.4 Å². The fourth-order valence-corrected chi connectivity index (χ4v) is 10.5. The molecule has 60 heavy (non-hydrogen) atoms. The number of rotatable bonds is 16. The standard InChI is InChI=1S/C44H51N7O7S2/c1-28-21-38(60-27-28)44(57,37-5-3-20-59-37)42(56)58-30-23-43(24-30)13-18-50(19-14-43)17-12-40(55)49(2)15-4-16-51-34-9-6-29(22-33(34)47-48-51)25-45-26-36(53)31-7-10-35(52)41-32(31)8-11-39(54)46-41/h3,5-11,20-22,27,30,36,45,52-53,57H,4,12-19,23-26H2,1-2H3,(H,46,54)/t36-,44?/m0/s1. The number of carbonyl (C=O) groups excluding carboxylic acids is 2. The number of thiophene rings is 2. The van der Waals surface area contributed by atoms with Crippen LogP contribution in [0.15, 0.2) is 76.2 Å². The van der Waals surface area contributed by atoms with Crippen LogP contribution in [0.3, 0.4) is 0 Å². The van der Waals surface area contributed by atoms with Gasteiger partial charge in [0, 0.05) is 57.6 Å². The third kappa shape index (κ3) is 8.76. The molecule has 5 N–H and O–H groups in total. The molecular weight excluding hydrogens is 803 g/mol. The number of aromatic nitrogens is 4. The maximum Gasteiger partial charge on any atom is 0.349 e. The van der Waals surface area contributed by atoms with E-state index in [0.29, 0.717) is 58.8 Å². The predicted molar refractivity (Wildman–Crippen MR) is 231 cm³/mol. The van der Waals surface area contributed by atoms with Crippen LogP contribution in [0.2, 0.25) is 0 Å². The number of pyridine rings is 1. The summed E-state index contributed by atoms with van der Waals surface area (Å²) in [4.78, 5) is 46.2. The van der Waals surface area contributed by atoms with E-state index in [1.807, 2.05) is 59.7 Å². The van der Waals surface area contributed by atoms with Crippen molar-refractivity contribution in [2.24, 2.45) is 5.41 Å². The van der Waals surface area contributed by atoms with Crippen molar-refractivity contribution < 1.29 is 29.6 Å². The number of piperidine rings is 1. The van der Waals surface area contributed by atoms with E-state index in [9.17, 15) is 29.7 Å². The van der Waals surface area contributed by atoms with Gasteiger partial charge in [0.15, 0.2) is 0 Å². The van der Waals surface area contributed by atoms with Crippen LogP contribution >= 0.6 is 22.7 Å². The van der Waals surface area contributed by atoms with E-state index in [2.05, 4.69) is 25.5 Å². The number of aliphatic hydroxyl groups excluding tert-OH is 1. The molecule has 2 fully saturated rings. The first-order valence-corrected chi connectivity index (χ1v) is 22.2. The van der Waals surface area contributed by atoms with Crippen LogP contribution in [-0.4, -0.2) is 103 Å². The molecule has 1 saturated heterocycles. The van der Waals surface area contributed by atoms with E-state index in [-0.39, 0.29) is 35.3 Å². The molecule has 1 unspecified atom stereocenters. The molecule has 1 aliphatic heterocycles. The molecule has 16 heteroatoms. The largest absolute Gasteiger partial charge is 0.506 e. The number of phenolic OH excluding ortho intramolecular Hbond substituents is 1. The van der Waals surface area contributed by atoms with Crippen LogP contribution in [-0.2, 0) is 33.0 Å². The second-order valence-corrected chi connectivity index (χ2v) is 18.3. The van der Waals surface area contributed by atoms with Gasteiger partial charge in [0.25, 0.3) is 0 Å². The van der Waals surface area contributed by atoms with Gasteiger partial charge in [-0.25, -0.2) is 9.48 Å². The Balaban J connectivity index is 0.733. The molecule has 1 amide bonds. The third-order valence-corrected chi connectivity index (χ3v) is 14.3. The SMILES string of the molecule is Cc1csc(C(O)(C(=O)OC2CC3(CCN(CCC(=O)N(C)CCCn4nnc5cc(CNC[C@H](O)c6ccc(O)c7[nH]c(=O)ccc67)ccc54)CC3)C2)c2cccs2)c1. The topological polar surface area (TPSA) is 186 Å². The van der Waals surface area contributed by atoms with Crippen LogP contribution in [0.1, 0.15) is 71.1 Å². The van der Waals surface area contributed by atoms with Crippen LogP contribution in [0.25, 0.3) is 21.9 Å². The van der Waals surface area contributed by atoms with Gasteiger partial charge in [0.05, 0.1) is 26.9 Å². The number of hydrogen-bond donors (Lipinski definition) is 5. The molecule has 0 bridgehead atoms. The molecular formula is C44H51N7O7S2. The zero-order valence-electron chi connectivity index (χ0n) is 33.8. The van der Waals surface area contributed by atoms with Crippen LogP contribution < -0.4 is 10.9 Å². The van der Waals surface area contributed by atoms with Gasteiger partial charge < -0.3 is 40.2 Å². The minimum absolute atomic E-state index is 0.0495. The number of carbonyl (C=O) groups is 2. The molecule has 5 heterocycles. The molecule has 1 spiro atoms. The second kappa shape index (κ2) is 17.6. The summed E-state index contributed by atoms with van der Waals surface area (Å²) in [6, 6.07) is 17.5. The second-order valence-electron chi connectivity index (χ2n) is 16.4. The molecule has 14 nitrogen and oxygen atoms in total. The first-order chi connectivity index (χ1) is 28.9. The Kier molecular flexibility index (Phi) is 12.2. The Bertz CT molecular complexity index is 2520. The summed E-state index contributed by atoms with van der Waals surface area (Å²) in [5.41, 5.74) is 2.59. The Morgan fingerprint density at radius 1 is 1.08 bits per heavy atom. The smallest absolute Gasteiger partial charge is 0.349 e. The van der Waals surface area contributed by atoms with E-state index < -0.39 is 17.7 Å². The number of amides is 1. The van der Waals surface area contributed by atoms with Crippen molar-refractivity contribution in [2.75, 3.05) is 39.8 Å².